The highest BCUT2D eigenvalue weighted by Gasteiger charge is 2.28. The van der Waals surface area contributed by atoms with Crippen molar-refractivity contribution in [3.8, 4) is 0 Å². The highest BCUT2D eigenvalue weighted by atomic mass is 16.6. The number of esters is 1. The van der Waals surface area contributed by atoms with Crippen LogP contribution in [0.4, 0.5) is 14.4 Å². The topological polar surface area (TPSA) is 192 Å². The van der Waals surface area contributed by atoms with Crippen molar-refractivity contribution < 1.29 is 43.7 Å². The third-order valence-electron chi connectivity index (χ3n) is 4.20. The van der Waals surface area contributed by atoms with Crippen molar-refractivity contribution in [1.29, 1.82) is 0 Å². The van der Waals surface area contributed by atoms with E-state index in [4.69, 9.17) is 19.7 Å². The Bertz CT molecular complexity index is 664. The zero-order chi connectivity index (χ0) is 25.4. The lowest BCUT2D eigenvalue weighted by Gasteiger charge is -2.25. The van der Waals surface area contributed by atoms with Crippen LogP contribution < -0.4 is 21.3 Å². The first-order valence-electron chi connectivity index (χ1n) is 10.7. The van der Waals surface area contributed by atoms with E-state index in [-0.39, 0.29) is 25.9 Å². The maximum Gasteiger partial charge on any atom is 0.408 e. The van der Waals surface area contributed by atoms with Gasteiger partial charge in [0.1, 0.15) is 17.7 Å². The van der Waals surface area contributed by atoms with Crippen molar-refractivity contribution in [3.05, 3.63) is 0 Å². The summed E-state index contributed by atoms with van der Waals surface area (Å²) in [6.45, 7) is 5.40. The molecule has 0 fully saturated rings. The van der Waals surface area contributed by atoms with Crippen LogP contribution in [-0.2, 0) is 19.1 Å². The van der Waals surface area contributed by atoms with E-state index in [0.29, 0.717) is 25.7 Å². The second-order valence-corrected chi connectivity index (χ2v) is 8.24. The van der Waals surface area contributed by atoms with Crippen LogP contribution in [0.2, 0.25) is 0 Å². The number of nitrogens with one attached hydrogen (secondary N) is 4. The number of carbonyl (C=O) groups excluding carboxylic acids is 3. The van der Waals surface area contributed by atoms with Gasteiger partial charge in [-0.25, -0.2) is 19.2 Å². The Hall–Kier alpha value is -3.25. The second kappa shape index (κ2) is 15.5. The summed E-state index contributed by atoms with van der Waals surface area (Å²) in [5, 5.41) is 26.7. The highest BCUT2D eigenvalue weighted by Crippen LogP contribution is 2.10. The molecule has 0 spiro atoms. The van der Waals surface area contributed by atoms with E-state index >= 15 is 0 Å². The van der Waals surface area contributed by atoms with E-state index in [0.717, 1.165) is 0 Å². The highest BCUT2D eigenvalue weighted by molar-refractivity contribution is 5.89. The smallest absolute Gasteiger partial charge is 0.408 e. The number of methoxy groups -OCH3 is 1. The van der Waals surface area contributed by atoms with Crippen LogP contribution in [-0.4, -0.2) is 78.3 Å². The summed E-state index contributed by atoms with van der Waals surface area (Å²) in [5.74, 6) is -1.29. The molecule has 0 heterocycles. The van der Waals surface area contributed by atoms with Crippen molar-refractivity contribution in [1.82, 2.24) is 21.3 Å². The fourth-order valence-electron chi connectivity index (χ4n) is 2.72. The largest absolute Gasteiger partial charge is 0.467 e. The lowest BCUT2D eigenvalue weighted by atomic mass is 10.1. The minimum absolute atomic E-state index is 0.183. The van der Waals surface area contributed by atoms with Crippen molar-refractivity contribution in [3.63, 3.8) is 0 Å². The quantitative estimate of drug-likeness (QED) is 0.159. The van der Waals surface area contributed by atoms with Crippen LogP contribution in [0.25, 0.3) is 0 Å². The molecule has 4 amide bonds. The van der Waals surface area contributed by atoms with E-state index in [1.807, 2.05) is 0 Å². The summed E-state index contributed by atoms with van der Waals surface area (Å²) in [6.07, 6.45) is -0.985. The predicted molar refractivity (Wildman–Crippen MR) is 117 cm³/mol. The molecular formula is C20H36N4O9. The Labute approximate surface area is 192 Å². The number of carboxylic acid groups (broad SMARTS) is 2. The maximum absolute atomic E-state index is 12.8. The van der Waals surface area contributed by atoms with Gasteiger partial charge in [0.25, 0.3) is 0 Å². The molecule has 0 saturated carbocycles. The SMILES string of the molecule is COC(=O)[C@H](CCCCNC(=O)O)NC(=O)[C@H](CCCCNC(=O)O)NC(=O)OC(C)(C)C. The first-order chi connectivity index (χ1) is 15.4. The molecule has 13 heteroatoms. The average molecular weight is 477 g/mol. The number of hydrogen-bond acceptors (Lipinski definition) is 7. The Balaban J connectivity index is 5.03. The molecule has 0 aromatic carbocycles. The molecule has 0 aliphatic rings. The fourth-order valence-corrected chi connectivity index (χ4v) is 2.72. The summed E-state index contributed by atoms with van der Waals surface area (Å²) < 4.78 is 9.93. The third kappa shape index (κ3) is 16.1. The molecule has 13 nitrogen and oxygen atoms in total. The van der Waals surface area contributed by atoms with Gasteiger partial charge >= 0.3 is 24.2 Å². The molecule has 0 aromatic rings. The molecule has 0 aliphatic heterocycles. The van der Waals surface area contributed by atoms with E-state index in [2.05, 4.69) is 21.3 Å². The maximum atomic E-state index is 12.8. The van der Waals surface area contributed by atoms with Crippen LogP contribution in [0.1, 0.15) is 59.3 Å². The van der Waals surface area contributed by atoms with Crippen LogP contribution in [0.3, 0.4) is 0 Å². The Morgan fingerprint density at radius 1 is 0.788 bits per heavy atom. The molecule has 0 bridgehead atoms. The molecule has 0 radical (unpaired) electrons. The van der Waals surface area contributed by atoms with Gasteiger partial charge in [0.15, 0.2) is 0 Å². The number of hydrogen-bond donors (Lipinski definition) is 6. The van der Waals surface area contributed by atoms with Gasteiger partial charge in [0.05, 0.1) is 7.11 Å². The number of amides is 4. The molecule has 0 saturated heterocycles. The summed E-state index contributed by atoms with van der Waals surface area (Å²) in [4.78, 5) is 58.1. The molecule has 0 aromatic heterocycles. The number of rotatable bonds is 14. The Kier molecular flexibility index (Phi) is 14.0. The Morgan fingerprint density at radius 2 is 1.27 bits per heavy atom. The molecule has 0 rings (SSSR count). The summed E-state index contributed by atoms with van der Waals surface area (Å²) in [7, 11) is 1.18. The molecule has 2 atom stereocenters. The number of alkyl carbamates (subject to hydrolysis) is 1. The fraction of sp³-hybridized carbons (Fsp3) is 0.750. The normalized spacial score (nSPS) is 12.6. The van der Waals surface area contributed by atoms with Gasteiger partial charge in [0, 0.05) is 13.1 Å². The monoisotopic (exact) mass is 476 g/mol. The van der Waals surface area contributed by atoms with E-state index in [1.54, 1.807) is 20.8 Å². The minimum Gasteiger partial charge on any atom is -0.467 e. The number of unbranched alkanes of at least 4 members (excludes halogenated alkanes) is 2. The lowest BCUT2D eigenvalue weighted by Crippen LogP contribution is -2.52. The number of carbonyl (C=O) groups is 5. The molecular weight excluding hydrogens is 440 g/mol. The van der Waals surface area contributed by atoms with Gasteiger partial charge in [-0.3, -0.25) is 4.79 Å². The molecule has 190 valence electrons. The van der Waals surface area contributed by atoms with Gasteiger partial charge in [-0.1, -0.05) is 0 Å². The van der Waals surface area contributed by atoms with E-state index in [1.165, 1.54) is 7.11 Å². The standard InChI is InChI=1S/C20H36N4O9/c1-20(2,3)33-19(31)24-13(9-5-7-11-21-17(27)28)15(25)23-14(16(26)32-4)10-6-8-12-22-18(29)30/h13-14,21-22H,5-12H2,1-4H3,(H,23,25)(H,24,31)(H,27,28)(H,29,30)/t13-,14-/m0/s1. The molecule has 0 unspecified atom stereocenters. The van der Waals surface area contributed by atoms with Crippen molar-refractivity contribution >= 4 is 30.2 Å². The Morgan fingerprint density at radius 3 is 1.70 bits per heavy atom. The van der Waals surface area contributed by atoms with Crippen LogP contribution in [0, 0.1) is 0 Å². The van der Waals surface area contributed by atoms with Crippen LogP contribution in [0.15, 0.2) is 0 Å². The summed E-state index contributed by atoms with van der Waals surface area (Å²) in [6, 6.07) is -2.01. The number of ether oxygens (including phenoxy) is 2. The second-order valence-electron chi connectivity index (χ2n) is 8.24. The van der Waals surface area contributed by atoms with Crippen molar-refractivity contribution in [2.45, 2.75) is 77.0 Å². The van der Waals surface area contributed by atoms with Crippen molar-refractivity contribution in [2.75, 3.05) is 20.2 Å². The minimum atomic E-state index is -1.16. The molecule has 33 heavy (non-hydrogen) atoms. The van der Waals surface area contributed by atoms with Gasteiger partial charge in [-0.2, -0.15) is 0 Å². The summed E-state index contributed by atoms with van der Waals surface area (Å²) in [5.41, 5.74) is -0.783. The van der Waals surface area contributed by atoms with Gasteiger partial charge in [-0.05, 0) is 59.3 Å². The molecule has 0 aliphatic carbocycles. The first-order valence-corrected chi connectivity index (χ1v) is 10.7. The summed E-state index contributed by atoms with van der Waals surface area (Å²) >= 11 is 0. The van der Waals surface area contributed by atoms with Gasteiger partial charge in [0.2, 0.25) is 5.91 Å². The molecule has 6 N–H and O–H groups in total. The zero-order valence-corrected chi connectivity index (χ0v) is 19.6. The average Bonchev–Trinajstić information content (AvgIpc) is 2.68. The third-order valence-corrected chi connectivity index (χ3v) is 4.20. The van der Waals surface area contributed by atoms with E-state index in [9.17, 15) is 24.0 Å². The lowest BCUT2D eigenvalue weighted by molar-refractivity contribution is -0.145. The van der Waals surface area contributed by atoms with Crippen molar-refractivity contribution in [2.24, 2.45) is 0 Å². The zero-order valence-electron chi connectivity index (χ0n) is 19.6. The van der Waals surface area contributed by atoms with Gasteiger partial charge in [-0.15, -0.1) is 0 Å². The van der Waals surface area contributed by atoms with E-state index < -0.39 is 47.8 Å². The van der Waals surface area contributed by atoms with Crippen LogP contribution >= 0.6 is 0 Å². The van der Waals surface area contributed by atoms with Gasteiger partial charge < -0.3 is 41.0 Å². The van der Waals surface area contributed by atoms with Crippen LogP contribution in [0.5, 0.6) is 0 Å². The first kappa shape index (κ1) is 29.8. The predicted octanol–water partition coefficient (Wildman–Crippen LogP) is 1.41.